The van der Waals surface area contributed by atoms with E-state index >= 15 is 0 Å². The zero-order valence-electron chi connectivity index (χ0n) is 12.1. The summed E-state index contributed by atoms with van der Waals surface area (Å²) in [5.41, 5.74) is 1.75. The van der Waals surface area contributed by atoms with Crippen molar-refractivity contribution in [2.45, 2.75) is 0 Å². The molecular formula is C16H9BrN2O4S. The van der Waals surface area contributed by atoms with E-state index < -0.39 is 4.92 Å². The fourth-order valence-corrected chi connectivity index (χ4v) is 3.70. The number of nitrogens with zero attached hydrogens (tertiary/aromatic N) is 2. The number of non-ortho nitro benzene ring substituents is 1. The first-order chi connectivity index (χ1) is 11.6. The SMILES string of the molecule is O=[N+]([O-])c1ccc2nc(/C=C/c3cc4c(cc3Br)OCO4)sc2c1. The highest BCUT2D eigenvalue weighted by molar-refractivity contribution is 9.10. The van der Waals surface area contributed by atoms with Crippen LogP contribution >= 0.6 is 27.3 Å². The summed E-state index contributed by atoms with van der Waals surface area (Å²) in [4.78, 5) is 14.9. The smallest absolute Gasteiger partial charge is 0.270 e. The van der Waals surface area contributed by atoms with E-state index in [4.69, 9.17) is 9.47 Å². The van der Waals surface area contributed by atoms with E-state index in [9.17, 15) is 10.1 Å². The number of rotatable bonds is 3. The van der Waals surface area contributed by atoms with Crippen molar-refractivity contribution in [2.24, 2.45) is 0 Å². The molecule has 0 unspecified atom stereocenters. The van der Waals surface area contributed by atoms with Gasteiger partial charge in [0.25, 0.3) is 5.69 Å². The molecule has 1 aromatic heterocycles. The third-order valence-corrected chi connectivity index (χ3v) is 5.17. The number of benzene rings is 2. The zero-order valence-corrected chi connectivity index (χ0v) is 14.5. The summed E-state index contributed by atoms with van der Waals surface area (Å²) in [7, 11) is 0. The van der Waals surface area contributed by atoms with Gasteiger partial charge in [-0.1, -0.05) is 22.0 Å². The van der Waals surface area contributed by atoms with Gasteiger partial charge in [0.05, 0.1) is 15.1 Å². The summed E-state index contributed by atoms with van der Waals surface area (Å²) in [5.74, 6) is 1.42. The average molecular weight is 405 g/mol. The Morgan fingerprint density at radius 1 is 1.21 bits per heavy atom. The summed E-state index contributed by atoms with van der Waals surface area (Å²) in [6.07, 6.45) is 3.79. The number of halogens is 1. The predicted molar refractivity (Wildman–Crippen MR) is 95.5 cm³/mol. The number of ether oxygens (including phenoxy) is 2. The minimum absolute atomic E-state index is 0.0696. The Labute approximate surface area is 148 Å². The van der Waals surface area contributed by atoms with Crippen molar-refractivity contribution in [3.63, 3.8) is 0 Å². The van der Waals surface area contributed by atoms with Crippen molar-refractivity contribution in [1.29, 1.82) is 0 Å². The Balaban J connectivity index is 1.66. The lowest BCUT2D eigenvalue weighted by molar-refractivity contribution is -0.384. The van der Waals surface area contributed by atoms with Crippen LogP contribution in [0.1, 0.15) is 10.6 Å². The molecule has 2 heterocycles. The molecule has 0 fully saturated rings. The summed E-state index contributed by atoms with van der Waals surface area (Å²) >= 11 is 4.91. The Bertz CT molecular complexity index is 999. The van der Waals surface area contributed by atoms with Crippen LogP contribution in [0.25, 0.3) is 22.4 Å². The van der Waals surface area contributed by atoms with Crippen LogP contribution in [0.4, 0.5) is 5.69 Å². The number of thiazole rings is 1. The lowest BCUT2D eigenvalue weighted by atomic mass is 10.2. The molecular weight excluding hydrogens is 396 g/mol. The molecule has 0 spiro atoms. The number of nitro benzene ring substituents is 1. The van der Waals surface area contributed by atoms with Crippen molar-refractivity contribution in [2.75, 3.05) is 6.79 Å². The largest absolute Gasteiger partial charge is 0.454 e. The molecule has 24 heavy (non-hydrogen) atoms. The third kappa shape index (κ3) is 2.74. The van der Waals surface area contributed by atoms with Crippen molar-refractivity contribution < 1.29 is 14.4 Å². The fourth-order valence-electron chi connectivity index (χ4n) is 2.34. The maximum absolute atomic E-state index is 10.8. The molecule has 0 atom stereocenters. The van der Waals surface area contributed by atoms with Gasteiger partial charge in [-0.3, -0.25) is 10.1 Å². The summed E-state index contributed by atoms with van der Waals surface area (Å²) in [6.45, 7) is 0.228. The van der Waals surface area contributed by atoms with Gasteiger partial charge in [0.15, 0.2) is 11.5 Å². The highest BCUT2D eigenvalue weighted by Gasteiger charge is 2.15. The Morgan fingerprint density at radius 2 is 2.00 bits per heavy atom. The van der Waals surface area contributed by atoms with Crippen LogP contribution in [0.3, 0.4) is 0 Å². The molecule has 0 aliphatic carbocycles. The molecule has 0 saturated heterocycles. The lowest BCUT2D eigenvalue weighted by Gasteiger charge is -2.01. The summed E-state index contributed by atoms with van der Waals surface area (Å²) in [5, 5.41) is 11.6. The van der Waals surface area contributed by atoms with Crippen LogP contribution in [-0.2, 0) is 0 Å². The van der Waals surface area contributed by atoms with Crippen LogP contribution in [0, 0.1) is 10.1 Å². The van der Waals surface area contributed by atoms with Crippen LogP contribution in [0.2, 0.25) is 0 Å². The Hall–Kier alpha value is -2.45. The fraction of sp³-hybridized carbons (Fsp3) is 0.0625. The molecule has 3 aromatic rings. The lowest BCUT2D eigenvalue weighted by Crippen LogP contribution is -1.92. The second-order valence-electron chi connectivity index (χ2n) is 5.02. The van der Waals surface area contributed by atoms with Crippen LogP contribution in [-0.4, -0.2) is 16.7 Å². The molecule has 0 saturated carbocycles. The van der Waals surface area contributed by atoms with Crippen molar-refractivity contribution in [3.8, 4) is 11.5 Å². The van der Waals surface area contributed by atoms with E-state index in [1.807, 2.05) is 24.3 Å². The van der Waals surface area contributed by atoms with Gasteiger partial charge in [0, 0.05) is 16.6 Å². The van der Waals surface area contributed by atoms with E-state index in [1.54, 1.807) is 12.1 Å². The van der Waals surface area contributed by atoms with E-state index in [2.05, 4.69) is 20.9 Å². The molecule has 6 nitrogen and oxygen atoms in total. The average Bonchev–Trinajstić information content (AvgIpc) is 3.17. The normalized spacial score (nSPS) is 13.0. The van der Waals surface area contributed by atoms with E-state index in [1.165, 1.54) is 17.4 Å². The van der Waals surface area contributed by atoms with Crippen molar-refractivity contribution in [1.82, 2.24) is 4.98 Å². The topological polar surface area (TPSA) is 74.5 Å². The number of nitro groups is 1. The van der Waals surface area contributed by atoms with Gasteiger partial charge in [-0.15, -0.1) is 11.3 Å². The predicted octanol–water partition coefficient (Wildman–Crippen LogP) is 4.87. The molecule has 0 radical (unpaired) electrons. The monoisotopic (exact) mass is 404 g/mol. The number of hydrogen-bond donors (Lipinski definition) is 0. The third-order valence-electron chi connectivity index (χ3n) is 3.50. The van der Waals surface area contributed by atoms with Gasteiger partial charge < -0.3 is 9.47 Å². The minimum Gasteiger partial charge on any atom is -0.454 e. The Morgan fingerprint density at radius 3 is 2.79 bits per heavy atom. The van der Waals surface area contributed by atoms with E-state index in [0.717, 1.165) is 25.3 Å². The van der Waals surface area contributed by atoms with Gasteiger partial charge in [0.2, 0.25) is 6.79 Å². The molecule has 0 N–H and O–H groups in total. The van der Waals surface area contributed by atoms with Gasteiger partial charge in [-0.05, 0) is 29.8 Å². The molecule has 120 valence electrons. The molecule has 8 heteroatoms. The van der Waals surface area contributed by atoms with Crippen LogP contribution in [0.5, 0.6) is 11.5 Å². The van der Waals surface area contributed by atoms with Gasteiger partial charge in [0.1, 0.15) is 5.01 Å². The molecule has 2 aromatic carbocycles. The second-order valence-corrected chi connectivity index (χ2v) is 6.94. The highest BCUT2D eigenvalue weighted by Crippen LogP contribution is 2.37. The maximum Gasteiger partial charge on any atom is 0.270 e. The standard InChI is InChI=1S/C16H9BrN2O4S/c17-11-7-14-13(22-8-23-14)5-9(11)1-4-16-18-12-3-2-10(19(20)21)6-15(12)24-16/h1-7H,8H2/b4-1+. The molecule has 0 amide bonds. The number of hydrogen-bond acceptors (Lipinski definition) is 6. The van der Waals surface area contributed by atoms with Gasteiger partial charge in [-0.25, -0.2) is 4.98 Å². The first kappa shape index (κ1) is 15.1. The highest BCUT2D eigenvalue weighted by atomic mass is 79.9. The zero-order chi connectivity index (χ0) is 16.7. The summed E-state index contributed by atoms with van der Waals surface area (Å²) < 4.78 is 12.4. The van der Waals surface area contributed by atoms with Crippen LogP contribution in [0.15, 0.2) is 34.8 Å². The molecule has 0 bridgehead atoms. The minimum atomic E-state index is -0.404. The van der Waals surface area contributed by atoms with E-state index in [-0.39, 0.29) is 12.5 Å². The first-order valence-electron chi connectivity index (χ1n) is 6.92. The molecule has 1 aliphatic heterocycles. The first-order valence-corrected chi connectivity index (χ1v) is 8.53. The Kier molecular flexibility index (Phi) is 3.70. The van der Waals surface area contributed by atoms with Crippen molar-refractivity contribution >= 4 is 55.3 Å². The summed E-state index contributed by atoms with van der Waals surface area (Å²) in [6, 6.07) is 8.42. The quantitative estimate of drug-likeness (QED) is 0.459. The van der Waals surface area contributed by atoms with Crippen molar-refractivity contribution in [3.05, 3.63) is 55.5 Å². The van der Waals surface area contributed by atoms with Gasteiger partial charge >= 0.3 is 0 Å². The number of fused-ring (bicyclic) bond motifs is 2. The van der Waals surface area contributed by atoms with Gasteiger partial charge in [-0.2, -0.15) is 0 Å². The molecule has 4 rings (SSSR count). The van der Waals surface area contributed by atoms with Crippen LogP contribution < -0.4 is 9.47 Å². The maximum atomic E-state index is 10.8. The number of aromatic nitrogens is 1. The van der Waals surface area contributed by atoms with E-state index in [0.29, 0.717) is 11.5 Å². The second kappa shape index (κ2) is 5.88. The molecule has 1 aliphatic rings.